The second kappa shape index (κ2) is 7.52. The SMILES string of the molecule is CCO[SiH](CCc1ccc(F)cc1F)OCC. The Kier molecular flexibility index (Phi) is 6.32. The van der Waals surface area contributed by atoms with Crippen LogP contribution in [0.25, 0.3) is 0 Å². The second-order valence-corrected chi connectivity index (χ2v) is 5.72. The van der Waals surface area contributed by atoms with E-state index < -0.39 is 20.9 Å². The Bertz CT molecular complexity index is 341. The lowest BCUT2D eigenvalue weighted by atomic mass is 10.1. The highest BCUT2D eigenvalue weighted by atomic mass is 28.3. The predicted molar refractivity (Wildman–Crippen MR) is 65.3 cm³/mol. The van der Waals surface area contributed by atoms with Crippen LogP contribution in [0.3, 0.4) is 0 Å². The average molecular weight is 260 g/mol. The maximum Gasteiger partial charge on any atom is 0.321 e. The molecule has 0 spiro atoms. The van der Waals surface area contributed by atoms with E-state index in [4.69, 9.17) is 8.85 Å². The van der Waals surface area contributed by atoms with E-state index in [0.29, 0.717) is 31.2 Å². The van der Waals surface area contributed by atoms with Crippen molar-refractivity contribution in [2.75, 3.05) is 13.2 Å². The number of hydrogen-bond donors (Lipinski definition) is 0. The van der Waals surface area contributed by atoms with Crippen LogP contribution in [0.2, 0.25) is 6.04 Å². The molecule has 0 saturated carbocycles. The molecule has 0 aromatic heterocycles. The third-order valence-electron chi connectivity index (χ3n) is 2.37. The fourth-order valence-electron chi connectivity index (χ4n) is 1.58. The van der Waals surface area contributed by atoms with Crippen molar-refractivity contribution in [1.82, 2.24) is 0 Å². The third kappa shape index (κ3) is 4.93. The summed E-state index contributed by atoms with van der Waals surface area (Å²) in [4.78, 5) is 0. The van der Waals surface area contributed by atoms with Crippen molar-refractivity contribution >= 4 is 9.28 Å². The van der Waals surface area contributed by atoms with E-state index in [-0.39, 0.29) is 0 Å². The first-order valence-electron chi connectivity index (χ1n) is 5.84. The number of rotatable bonds is 7. The smallest absolute Gasteiger partial charge is 0.321 e. The van der Waals surface area contributed by atoms with Gasteiger partial charge < -0.3 is 8.85 Å². The molecule has 1 aromatic rings. The van der Waals surface area contributed by atoms with E-state index in [0.717, 1.165) is 6.07 Å². The van der Waals surface area contributed by atoms with Crippen molar-refractivity contribution in [3.05, 3.63) is 35.4 Å². The van der Waals surface area contributed by atoms with Crippen molar-refractivity contribution < 1.29 is 17.6 Å². The Morgan fingerprint density at radius 3 is 2.29 bits per heavy atom. The van der Waals surface area contributed by atoms with Gasteiger partial charge in [-0.2, -0.15) is 0 Å². The Balaban J connectivity index is 2.52. The molecule has 2 nitrogen and oxygen atoms in total. The van der Waals surface area contributed by atoms with E-state index in [2.05, 4.69) is 0 Å². The molecule has 96 valence electrons. The van der Waals surface area contributed by atoms with Crippen LogP contribution in [0, 0.1) is 11.6 Å². The molecule has 0 heterocycles. The first kappa shape index (κ1) is 14.3. The molecule has 17 heavy (non-hydrogen) atoms. The van der Waals surface area contributed by atoms with Gasteiger partial charge in [-0.05, 0) is 37.9 Å². The van der Waals surface area contributed by atoms with Crippen LogP contribution in [0.15, 0.2) is 18.2 Å². The molecular formula is C12H18F2O2Si. The Morgan fingerprint density at radius 2 is 1.76 bits per heavy atom. The van der Waals surface area contributed by atoms with E-state index >= 15 is 0 Å². The van der Waals surface area contributed by atoms with Crippen molar-refractivity contribution in [3.63, 3.8) is 0 Å². The van der Waals surface area contributed by atoms with Crippen molar-refractivity contribution in [2.24, 2.45) is 0 Å². The first-order chi connectivity index (χ1) is 8.17. The number of aryl methyl sites for hydroxylation is 1. The molecule has 0 unspecified atom stereocenters. The monoisotopic (exact) mass is 260 g/mol. The van der Waals surface area contributed by atoms with Crippen LogP contribution in [-0.4, -0.2) is 22.5 Å². The molecule has 0 saturated heterocycles. The van der Waals surface area contributed by atoms with Crippen LogP contribution in [-0.2, 0) is 15.3 Å². The van der Waals surface area contributed by atoms with Gasteiger partial charge in [0, 0.05) is 19.3 Å². The summed E-state index contributed by atoms with van der Waals surface area (Å²) in [5, 5.41) is 0. The topological polar surface area (TPSA) is 18.5 Å². The molecule has 0 N–H and O–H groups in total. The van der Waals surface area contributed by atoms with Crippen molar-refractivity contribution in [1.29, 1.82) is 0 Å². The van der Waals surface area contributed by atoms with Crippen LogP contribution in [0.1, 0.15) is 19.4 Å². The maximum absolute atomic E-state index is 13.4. The van der Waals surface area contributed by atoms with Gasteiger partial charge in [0.2, 0.25) is 0 Å². The highest BCUT2D eigenvalue weighted by Gasteiger charge is 2.13. The number of benzene rings is 1. The van der Waals surface area contributed by atoms with E-state index in [9.17, 15) is 8.78 Å². The second-order valence-electron chi connectivity index (χ2n) is 3.61. The zero-order valence-electron chi connectivity index (χ0n) is 10.2. The van der Waals surface area contributed by atoms with E-state index in [1.165, 1.54) is 12.1 Å². The van der Waals surface area contributed by atoms with Gasteiger partial charge in [0.25, 0.3) is 0 Å². The summed E-state index contributed by atoms with van der Waals surface area (Å²) in [6, 6.07) is 4.36. The summed E-state index contributed by atoms with van der Waals surface area (Å²) in [5.41, 5.74) is 0.517. The Labute approximate surface area is 102 Å². The summed E-state index contributed by atoms with van der Waals surface area (Å²) in [7, 11) is -1.70. The lowest BCUT2D eigenvalue weighted by Crippen LogP contribution is -2.23. The Morgan fingerprint density at radius 1 is 1.12 bits per heavy atom. The molecular weight excluding hydrogens is 242 g/mol. The lowest BCUT2D eigenvalue weighted by Gasteiger charge is -2.14. The van der Waals surface area contributed by atoms with Crippen molar-refractivity contribution in [2.45, 2.75) is 26.3 Å². The normalized spacial score (nSPS) is 11.1. The Hall–Kier alpha value is -0.783. The summed E-state index contributed by atoms with van der Waals surface area (Å²) < 4.78 is 37.0. The first-order valence-corrected chi connectivity index (χ1v) is 7.60. The molecule has 1 rings (SSSR count). The minimum atomic E-state index is -1.70. The quantitative estimate of drug-likeness (QED) is 0.702. The van der Waals surface area contributed by atoms with Gasteiger partial charge in [-0.15, -0.1) is 0 Å². The number of hydrogen-bond acceptors (Lipinski definition) is 2. The van der Waals surface area contributed by atoms with Gasteiger partial charge in [-0.1, -0.05) is 6.07 Å². The van der Waals surface area contributed by atoms with Crippen LogP contribution in [0.4, 0.5) is 8.78 Å². The summed E-state index contributed by atoms with van der Waals surface area (Å²) in [6.07, 6.45) is 0.531. The average Bonchev–Trinajstić information content (AvgIpc) is 2.28. The largest absolute Gasteiger partial charge is 0.397 e. The molecule has 0 bridgehead atoms. The van der Waals surface area contributed by atoms with Crippen LogP contribution in [0.5, 0.6) is 0 Å². The van der Waals surface area contributed by atoms with Gasteiger partial charge in [0.15, 0.2) is 0 Å². The van der Waals surface area contributed by atoms with Crippen LogP contribution < -0.4 is 0 Å². The standard InChI is InChI=1S/C12H18F2O2Si/c1-3-15-17(16-4-2)8-7-10-5-6-11(13)9-12(10)14/h5-6,9,17H,3-4,7-8H2,1-2H3. The van der Waals surface area contributed by atoms with Gasteiger partial charge in [0.1, 0.15) is 11.6 Å². The van der Waals surface area contributed by atoms with Gasteiger partial charge in [0.05, 0.1) is 0 Å². The zero-order valence-corrected chi connectivity index (χ0v) is 11.4. The highest BCUT2D eigenvalue weighted by molar-refractivity contribution is 6.44. The molecule has 5 heteroatoms. The number of halogens is 2. The summed E-state index contributed by atoms with van der Waals surface area (Å²) in [5.74, 6) is -1.04. The summed E-state index contributed by atoms with van der Waals surface area (Å²) in [6.45, 7) is 5.06. The fraction of sp³-hybridized carbons (Fsp3) is 0.500. The van der Waals surface area contributed by atoms with E-state index in [1.807, 2.05) is 13.8 Å². The molecule has 0 aliphatic rings. The molecule has 0 aliphatic heterocycles. The molecule has 0 amide bonds. The van der Waals surface area contributed by atoms with Gasteiger partial charge in [-0.25, -0.2) is 8.78 Å². The molecule has 0 fully saturated rings. The minimum absolute atomic E-state index is 0.495. The molecule has 1 aromatic carbocycles. The minimum Gasteiger partial charge on any atom is -0.397 e. The lowest BCUT2D eigenvalue weighted by molar-refractivity contribution is 0.213. The van der Waals surface area contributed by atoms with Gasteiger partial charge >= 0.3 is 9.28 Å². The predicted octanol–water partition coefficient (Wildman–Crippen LogP) is 2.80. The molecule has 0 radical (unpaired) electrons. The van der Waals surface area contributed by atoms with E-state index in [1.54, 1.807) is 0 Å². The molecule has 0 aliphatic carbocycles. The van der Waals surface area contributed by atoms with Crippen molar-refractivity contribution in [3.8, 4) is 0 Å². The third-order valence-corrected chi connectivity index (χ3v) is 4.54. The van der Waals surface area contributed by atoms with Gasteiger partial charge in [-0.3, -0.25) is 0 Å². The highest BCUT2D eigenvalue weighted by Crippen LogP contribution is 2.13. The summed E-state index contributed by atoms with van der Waals surface area (Å²) >= 11 is 0. The van der Waals surface area contributed by atoms with Crippen LogP contribution >= 0.6 is 0 Å². The fourth-order valence-corrected chi connectivity index (χ4v) is 3.30. The molecule has 0 atom stereocenters. The zero-order chi connectivity index (χ0) is 12.7. The maximum atomic E-state index is 13.4.